The van der Waals surface area contributed by atoms with E-state index in [-0.39, 0.29) is 11.8 Å². The van der Waals surface area contributed by atoms with E-state index in [1.807, 2.05) is 29.2 Å². The van der Waals surface area contributed by atoms with Gasteiger partial charge < -0.3 is 10.2 Å². The van der Waals surface area contributed by atoms with Crippen LogP contribution in [-0.4, -0.2) is 36.3 Å². The van der Waals surface area contributed by atoms with Gasteiger partial charge in [0.25, 0.3) is 0 Å². The molecule has 1 saturated carbocycles. The lowest BCUT2D eigenvalue weighted by molar-refractivity contribution is -0.131. The number of likely N-dealkylation sites (tertiary alicyclic amines) is 1. The van der Waals surface area contributed by atoms with Crippen molar-refractivity contribution in [2.24, 2.45) is 0 Å². The van der Waals surface area contributed by atoms with Crippen molar-refractivity contribution in [1.82, 2.24) is 10.2 Å². The molecule has 4 nitrogen and oxygen atoms in total. The maximum absolute atomic E-state index is 12.7. The van der Waals surface area contributed by atoms with Gasteiger partial charge in [0.05, 0.1) is 5.41 Å². The number of hydrogen-bond acceptors (Lipinski definition) is 2. The van der Waals surface area contributed by atoms with E-state index in [1.165, 1.54) is 0 Å². The van der Waals surface area contributed by atoms with E-state index in [0.717, 1.165) is 50.8 Å². The molecule has 1 saturated heterocycles. The minimum Gasteiger partial charge on any atom is -0.355 e. The second-order valence-corrected chi connectivity index (χ2v) is 6.98. The maximum atomic E-state index is 12.7. The van der Waals surface area contributed by atoms with E-state index in [4.69, 9.17) is 11.6 Å². The summed E-state index contributed by atoms with van der Waals surface area (Å²) in [5, 5.41) is 3.63. The van der Waals surface area contributed by atoms with Gasteiger partial charge in [-0.15, -0.1) is 0 Å². The van der Waals surface area contributed by atoms with Crippen LogP contribution in [-0.2, 0) is 15.0 Å². The van der Waals surface area contributed by atoms with Crippen molar-refractivity contribution in [3.05, 3.63) is 34.9 Å². The number of nitrogens with zero attached hydrogens (tertiary/aromatic N) is 1. The maximum Gasteiger partial charge on any atom is 0.230 e. The molecule has 3 rings (SSSR count). The quantitative estimate of drug-likeness (QED) is 0.900. The summed E-state index contributed by atoms with van der Waals surface area (Å²) in [6, 6.07) is 7.57. The van der Waals surface area contributed by atoms with Crippen molar-refractivity contribution >= 4 is 23.4 Å². The molecule has 0 bridgehead atoms. The van der Waals surface area contributed by atoms with E-state index >= 15 is 0 Å². The monoisotopic (exact) mass is 334 g/mol. The highest BCUT2D eigenvalue weighted by Crippen LogP contribution is 2.44. The lowest BCUT2D eigenvalue weighted by Gasteiger charge is -2.40. The van der Waals surface area contributed by atoms with Crippen molar-refractivity contribution in [3.8, 4) is 0 Å². The summed E-state index contributed by atoms with van der Waals surface area (Å²) in [4.78, 5) is 26.6. The van der Waals surface area contributed by atoms with E-state index in [9.17, 15) is 9.59 Å². The lowest BCUT2D eigenvalue weighted by Crippen LogP contribution is -2.49. The number of halogens is 1. The van der Waals surface area contributed by atoms with E-state index < -0.39 is 5.41 Å². The second kappa shape index (κ2) is 6.91. The van der Waals surface area contributed by atoms with Gasteiger partial charge in [-0.25, -0.2) is 0 Å². The van der Waals surface area contributed by atoms with Crippen LogP contribution in [0.15, 0.2) is 24.3 Å². The van der Waals surface area contributed by atoms with Crippen LogP contribution in [0.1, 0.15) is 44.1 Å². The first-order chi connectivity index (χ1) is 11.1. The average molecular weight is 335 g/mol. The van der Waals surface area contributed by atoms with Gasteiger partial charge in [-0.1, -0.05) is 30.2 Å². The number of rotatable bonds is 5. The predicted octanol–water partition coefficient (Wildman–Crippen LogP) is 2.89. The van der Waals surface area contributed by atoms with Gasteiger partial charge >= 0.3 is 0 Å². The number of nitrogens with one attached hydrogen (secondary N) is 1. The summed E-state index contributed by atoms with van der Waals surface area (Å²) in [5.41, 5.74) is 0.529. The molecule has 1 aliphatic carbocycles. The molecule has 0 aromatic heterocycles. The molecular weight excluding hydrogens is 312 g/mol. The molecular formula is C18H23ClN2O2. The van der Waals surface area contributed by atoms with Crippen molar-refractivity contribution < 1.29 is 9.59 Å². The van der Waals surface area contributed by atoms with Crippen LogP contribution in [0.5, 0.6) is 0 Å². The van der Waals surface area contributed by atoms with Crippen LogP contribution in [0, 0.1) is 0 Å². The number of amides is 2. The first-order valence-electron chi connectivity index (χ1n) is 8.44. The van der Waals surface area contributed by atoms with Gasteiger partial charge in [0.15, 0.2) is 0 Å². The highest BCUT2D eigenvalue weighted by atomic mass is 35.5. The molecule has 0 unspecified atom stereocenters. The van der Waals surface area contributed by atoms with E-state index in [1.54, 1.807) is 0 Å². The fourth-order valence-corrected chi connectivity index (χ4v) is 3.73. The minimum absolute atomic E-state index is 0.0280. The predicted molar refractivity (Wildman–Crippen MR) is 90.4 cm³/mol. The van der Waals surface area contributed by atoms with E-state index in [2.05, 4.69) is 5.32 Å². The fourth-order valence-electron chi connectivity index (χ4n) is 3.54. The van der Waals surface area contributed by atoms with Gasteiger partial charge in [0, 0.05) is 31.1 Å². The van der Waals surface area contributed by atoms with Gasteiger partial charge in [-0.05, 0) is 43.4 Å². The van der Waals surface area contributed by atoms with Crippen LogP contribution in [0.2, 0.25) is 5.02 Å². The minimum atomic E-state index is -0.457. The summed E-state index contributed by atoms with van der Waals surface area (Å²) in [6.45, 7) is 2.13. The Hall–Kier alpha value is -1.55. The largest absolute Gasteiger partial charge is 0.355 e. The molecule has 0 atom stereocenters. The van der Waals surface area contributed by atoms with Crippen LogP contribution in [0.4, 0.5) is 0 Å². The first kappa shape index (κ1) is 16.3. The van der Waals surface area contributed by atoms with E-state index in [0.29, 0.717) is 18.0 Å². The third kappa shape index (κ3) is 3.37. The zero-order valence-corrected chi connectivity index (χ0v) is 14.1. The summed E-state index contributed by atoms with van der Waals surface area (Å²) < 4.78 is 0. The standard InChI is InChI=1S/C18H23ClN2O2/c19-15-6-3-5-14(13-15)18(8-4-9-18)17(23)20-10-7-16(22)21-11-1-2-12-21/h3,5-6,13H,1-2,4,7-12H2,(H,20,23). The molecule has 1 aliphatic heterocycles. The molecule has 2 fully saturated rings. The zero-order valence-electron chi connectivity index (χ0n) is 13.3. The van der Waals surface area contributed by atoms with Gasteiger partial charge in [-0.3, -0.25) is 9.59 Å². The Kier molecular flexibility index (Phi) is 4.90. The summed E-state index contributed by atoms with van der Waals surface area (Å²) in [5.74, 6) is 0.174. The SMILES string of the molecule is O=C(CCNC(=O)C1(c2cccc(Cl)c2)CCC1)N1CCCC1. The van der Waals surface area contributed by atoms with Crippen LogP contribution in [0.25, 0.3) is 0 Å². The molecule has 0 spiro atoms. The molecule has 1 N–H and O–H groups in total. The lowest BCUT2D eigenvalue weighted by atomic mass is 9.64. The van der Waals surface area contributed by atoms with Gasteiger partial charge in [-0.2, -0.15) is 0 Å². The smallest absolute Gasteiger partial charge is 0.230 e. The van der Waals surface area contributed by atoms with Gasteiger partial charge in [0.1, 0.15) is 0 Å². The van der Waals surface area contributed by atoms with Crippen molar-refractivity contribution in [2.75, 3.05) is 19.6 Å². The van der Waals surface area contributed by atoms with Gasteiger partial charge in [0.2, 0.25) is 11.8 Å². The second-order valence-electron chi connectivity index (χ2n) is 6.54. The van der Waals surface area contributed by atoms with Crippen molar-refractivity contribution in [1.29, 1.82) is 0 Å². The third-order valence-corrected chi connectivity index (χ3v) is 5.34. The first-order valence-corrected chi connectivity index (χ1v) is 8.82. The molecule has 1 aromatic rings. The Labute approximate surface area is 142 Å². The van der Waals surface area contributed by atoms with Crippen molar-refractivity contribution in [3.63, 3.8) is 0 Å². The van der Waals surface area contributed by atoms with Crippen LogP contribution < -0.4 is 5.32 Å². The Morgan fingerprint density at radius 3 is 2.52 bits per heavy atom. The Morgan fingerprint density at radius 1 is 1.17 bits per heavy atom. The summed E-state index contributed by atoms with van der Waals surface area (Å²) in [6.07, 6.45) is 5.31. The molecule has 124 valence electrons. The Balaban J connectivity index is 1.57. The van der Waals surface area contributed by atoms with Crippen LogP contribution in [0.3, 0.4) is 0 Å². The highest BCUT2D eigenvalue weighted by molar-refractivity contribution is 6.30. The summed E-state index contributed by atoms with van der Waals surface area (Å²) in [7, 11) is 0. The average Bonchev–Trinajstić information content (AvgIpc) is 3.00. The number of benzene rings is 1. The Bertz CT molecular complexity index is 592. The summed E-state index contributed by atoms with van der Waals surface area (Å²) >= 11 is 6.07. The molecule has 1 aromatic carbocycles. The third-order valence-electron chi connectivity index (χ3n) is 5.10. The molecule has 1 heterocycles. The normalized spacial score (nSPS) is 19.3. The Morgan fingerprint density at radius 2 is 1.91 bits per heavy atom. The molecule has 23 heavy (non-hydrogen) atoms. The molecule has 0 radical (unpaired) electrons. The molecule has 2 amide bonds. The molecule has 2 aliphatic rings. The highest BCUT2D eigenvalue weighted by Gasteiger charge is 2.45. The van der Waals surface area contributed by atoms with Crippen molar-refractivity contribution in [2.45, 2.75) is 43.9 Å². The molecule has 5 heteroatoms. The zero-order chi connectivity index (χ0) is 16.3. The number of carbonyl (C=O) groups excluding carboxylic acids is 2. The number of carbonyl (C=O) groups is 2. The fraction of sp³-hybridized carbons (Fsp3) is 0.556. The van der Waals surface area contributed by atoms with Crippen LogP contribution >= 0.6 is 11.6 Å². The number of hydrogen-bond donors (Lipinski definition) is 1. The topological polar surface area (TPSA) is 49.4 Å².